The van der Waals surface area contributed by atoms with Crippen LogP contribution < -0.4 is 4.74 Å². The highest BCUT2D eigenvalue weighted by atomic mass is 16.5. The maximum absolute atomic E-state index is 11.1. The number of carboxylic acid groups (broad SMARTS) is 1. The molecule has 0 atom stereocenters. The Hall–Kier alpha value is -1.59. The van der Waals surface area contributed by atoms with Crippen molar-refractivity contribution in [2.75, 3.05) is 33.3 Å². The lowest BCUT2D eigenvalue weighted by molar-refractivity contribution is 0.0693. The van der Waals surface area contributed by atoms with Gasteiger partial charge in [-0.2, -0.15) is 0 Å². The quantitative estimate of drug-likeness (QED) is 0.898. The van der Waals surface area contributed by atoms with Gasteiger partial charge in [0.1, 0.15) is 11.3 Å². The lowest BCUT2D eigenvalue weighted by Gasteiger charge is -2.37. The van der Waals surface area contributed by atoms with E-state index < -0.39 is 5.97 Å². The second-order valence-corrected chi connectivity index (χ2v) is 5.75. The number of methoxy groups -OCH3 is 1. The Balaban J connectivity index is 1.99. The minimum absolute atomic E-state index is 0.214. The molecule has 2 rings (SSSR count). The molecular weight excluding hydrogens is 268 g/mol. The van der Waals surface area contributed by atoms with Crippen molar-refractivity contribution in [1.29, 1.82) is 0 Å². The van der Waals surface area contributed by atoms with E-state index >= 15 is 0 Å². The van der Waals surface area contributed by atoms with Crippen LogP contribution in [0.4, 0.5) is 0 Å². The molecular formula is C16H24N2O3. The van der Waals surface area contributed by atoms with Gasteiger partial charge in [-0.15, -0.1) is 0 Å². The average molecular weight is 292 g/mol. The Bertz CT molecular complexity index is 494. The second-order valence-electron chi connectivity index (χ2n) is 5.75. The molecule has 0 radical (unpaired) electrons. The molecule has 1 aliphatic heterocycles. The van der Waals surface area contributed by atoms with Gasteiger partial charge in [0.2, 0.25) is 0 Å². The number of ether oxygens (including phenoxy) is 1. The fourth-order valence-corrected chi connectivity index (χ4v) is 2.71. The number of piperazine rings is 1. The van der Waals surface area contributed by atoms with Gasteiger partial charge in [0, 0.05) is 38.8 Å². The summed E-state index contributed by atoms with van der Waals surface area (Å²) in [5, 5.41) is 9.09. The fourth-order valence-electron chi connectivity index (χ4n) is 2.71. The average Bonchev–Trinajstić information content (AvgIpc) is 2.47. The van der Waals surface area contributed by atoms with Crippen LogP contribution in [0.1, 0.15) is 29.8 Å². The zero-order chi connectivity index (χ0) is 15.4. The van der Waals surface area contributed by atoms with Crippen LogP contribution >= 0.6 is 0 Å². The Kier molecular flexibility index (Phi) is 5.20. The van der Waals surface area contributed by atoms with Crippen molar-refractivity contribution in [1.82, 2.24) is 9.80 Å². The molecule has 1 heterocycles. The lowest BCUT2D eigenvalue weighted by Crippen LogP contribution is -2.48. The lowest BCUT2D eigenvalue weighted by atomic mass is 10.1. The summed E-state index contributed by atoms with van der Waals surface area (Å²) in [6, 6.07) is 5.93. The van der Waals surface area contributed by atoms with Crippen LogP contribution in [0, 0.1) is 0 Å². The first-order valence-corrected chi connectivity index (χ1v) is 7.38. The summed E-state index contributed by atoms with van der Waals surface area (Å²) >= 11 is 0. The number of aromatic carboxylic acids is 1. The monoisotopic (exact) mass is 292 g/mol. The number of benzene rings is 1. The van der Waals surface area contributed by atoms with Crippen molar-refractivity contribution in [3.05, 3.63) is 29.3 Å². The van der Waals surface area contributed by atoms with E-state index in [0.29, 0.717) is 11.8 Å². The molecule has 0 unspecified atom stereocenters. The topological polar surface area (TPSA) is 53.0 Å². The number of hydrogen-bond acceptors (Lipinski definition) is 4. The Labute approximate surface area is 126 Å². The van der Waals surface area contributed by atoms with Gasteiger partial charge in [0.05, 0.1) is 7.11 Å². The normalized spacial score (nSPS) is 17.1. The summed E-state index contributed by atoms with van der Waals surface area (Å²) in [7, 11) is 1.51. The van der Waals surface area contributed by atoms with Crippen molar-refractivity contribution in [2.24, 2.45) is 0 Å². The minimum atomic E-state index is -0.955. The van der Waals surface area contributed by atoms with Crippen LogP contribution in [0.2, 0.25) is 0 Å². The van der Waals surface area contributed by atoms with Crippen molar-refractivity contribution in [3.63, 3.8) is 0 Å². The van der Waals surface area contributed by atoms with E-state index in [1.165, 1.54) is 7.11 Å². The molecule has 1 N–H and O–H groups in total. The predicted molar refractivity (Wildman–Crippen MR) is 81.9 cm³/mol. The van der Waals surface area contributed by atoms with E-state index in [2.05, 4.69) is 23.6 Å². The third-order valence-corrected chi connectivity index (χ3v) is 4.04. The van der Waals surface area contributed by atoms with Crippen LogP contribution in [0.15, 0.2) is 18.2 Å². The molecule has 1 fully saturated rings. The van der Waals surface area contributed by atoms with E-state index in [1.807, 2.05) is 12.1 Å². The SMILES string of the molecule is COc1cc(CN2CCN(C(C)C)CC2)ccc1C(=O)O. The van der Waals surface area contributed by atoms with Gasteiger partial charge in [-0.3, -0.25) is 9.80 Å². The van der Waals surface area contributed by atoms with Gasteiger partial charge in [0.15, 0.2) is 0 Å². The van der Waals surface area contributed by atoms with E-state index in [-0.39, 0.29) is 5.56 Å². The molecule has 0 amide bonds. The zero-order valence-corrected chi connectivity index (χ0v) is 13.0. The van der Waals surface area contributed by atoms with Crippen molar-refractivity contribution in [3.8, 4) is 5.75 Å². The first-order chi connectivity index (χ1) is 10.0. The Morgan fingerprint density at radius 2 is 1.95 bits per heavy atom. The largest absolute Gasteiger partial charge is 0.496 e. The number of hydrogen-bond donors (Lipinski definition) is 1. The van der Waals surface area contributed by atoms with Crippen molar-refractivity contribution < 1.29 is 14.6 Å². The molecule has 21 heavy (non-hydrogen) atoms. The summed E-state index contributed by atoms with van der Waals surface area (Å²) in [5.41, 5.74) is 1.31. The molecule has 1 aromatic carbocycles. The number of nitrogens with zero attached hydrogens (tertiary/aromatic N) is 2. The van der Waals surface area contributed by atoms with E-state index in [1.54, 1.807) is 6.07 Å². The predicted octanol–water partition coefficient (Wildman–Crippen LogP) is 1.92. The highest BCUT2D eigenvalue weighted by Gasteiger charge is 2.19. The maximum Gasteiger partial charge on any atom is 0.339 e. The number of rotatable bonds is 5. The highest BCUT2D eigenvalue weighted by Crippen LogP contribution is 2.21. The van der Waals surface area contributed by atoms with Crippen LogP contribution in [-0.4, -0.2) is 60.2 Å². The number of carboxylic acids is 1. The van der Waals surface area contributed by atoms with Gasteiger partial charge in [-0.05, 0) is 31.5 Å². The van der Waals surface area contributed by atoms with E-state index in [9.17, 15) is 4.79 Å². The van der Waals surface area contributed by atoms with Crippen LogP contribution in [0.3, 0.4) is 0 Å². The smallest absolute Gasteiger partial charge is 0.339 e. The molecule has 0 spiro atoms. The third kappa shape index (κ3) is 3.95. The van der Waals surface area contributed by atoms with E-state index in [4.69, 9.17) is 9.84 Å². The Morgan fingerprint density at radius 1 is 1.29 bits per heavy atom. The van der Waals surface area contributed by atoms with Gasteiger partial charge in [0.25, 0.3) is 0 Å². The minimum Gasteiger partial charge on any atom is -0.496 e. The Morgan fingerprint density at radius 3 is 2.48 bits per heavy atom. The first kappa shape index (κ1) is 15.8. The zero-order valence-electron chi connectivity index (χ0n) is 13.0. The van der Waals surface area contributed by atoms with Crippen molar-refractivity contribution >= 4 is 5.97 Å². The molecule has 1 aliphatic rings. The summed E-state index contributed by atoms with van der Waals surface area (Å²) in [4.78, 5) is 16.0. The standard InChI is InChI=1S/C16H24N2O3/c1-12(2)18-8-6-17(7-9-18)11-13-4-5-14(16(19)20)15(10-13)21-3/h4-5,10,12H,6-9,11H2,1-3H3,(H,19,20). The fraction of sp³-hybridized carbons (Fsp3) is 0.562. The highest BCUT2D eigenvalue weighted by molar-refractivity contribution is 5.90. The molecule has 5 heteroatoms. The van der Waals surface area contributed by atoms with Crippen LogP contribution in [0.25, 0.3) is 0 Å². The molecule has 5 nitrogen and oxygen atoms in total. The number of carbonyl (C=O) groups is 1. The van der Waals surface area contributed by atoms with Crippen molar-refractivity contribution in [2.45, 2.75) is 26.4 Å². The van der Waals surface area contributed by atoms with Crippen LogP contribution in [0.5, 0.6) is 5.75 Å². The molecule has 0 aliphatic carbocycles. The van der Waals surface area contributed by atoms with Gasteiger partial charge in [-0.1, -0.05) is 6.07 Å². The molecule has 1 saturated heterocycles. The first-order valence-electron chi connectivity index (χ1n) is 7.38. The van der Waals surface area contributed by atoms with Gasteiger partial charge in [-0.25, -0.2) is 4.79 Å². The van der Waals surface area contributed by atoms with Gasteiger partial charge < -0.3 is 9.84 Å². The molecule has 116 valence electrons. The summed E-state index contributed by atoms with van der Waals surface area (Å²) in [6.07, 6.45) is 0. The molecule has 1 aromatic rings. The summed E-state index contributed by atoms with van der Waals surface area (Å²) in [6.45, 7) is 9.55. The molecule has 0 aromatic heterocycles. The van der Waals surface area contributed by atoms with E-state index in [0.717, 1.165) is 38.3 Å². The molecule has 0 saturated carbocycles. The third-order valence-electron chi connectivity index (χ3n) is 4.04. The molecule has 0 bridgehead atoms. The summed E-state index contributed by atoms with van der Waals surface area (Å²) < 4.78 is 5.18. The second kappa shape index (κ2) is 6.91. The van der Waals surface area contributed by atoms with Gasteiger partial charge >= 0.3 is 5.97 Å². The summed E-state index contributed by atoms with van der Waals surface area (Å²) in [5.74, 6) is -0.523. The van der Waals surface area contributed by atoms with Crippen LogP contribution in [-0.2, 0) is 6.54 Å². The maximum atomic E-state index is 11.1.